The van der Waals surface area contributed by atoms with Crippen molar-refractivity contribution in [1.29, 1.82) is 5.26 Å². The second-order valence-corrected chi connectivity index (χ2v) is 4.14. The third kappa shape index (κ3) is 1.52. The largest absolute Gasteiger partial charge is 0.350 e. The summed E-state index contributed by atoms with van der Waals surface area (Å²) in [6.07, 6.45) is 3.57. The van der Waals surface area contributed by atoms with Gasteiger partial charge in [-0.15, -0.1) is 0 Å². The molecule has 1 saturated heterocycles. The van der Waals surface area contributed by atoms with Gasteiger partial charge in [0.05, 0.1) is 12.1 Å². The summed E-state index contributed by atoms with van der Waals surface area (Å²) in [5.41, 5.74) is 5.59. The molecule has 2 aliphatic rings. The molecule has 1 saturated carbocycles. The van der Waals surface area contributed by atoms with Crippen molar-refractivity contribution in [3.8, 4) is 6.07 Å². The van der Waals surface area contributed by atoms with Gasteiger partial charge >= 0.3 is 0 Å². The van der Waals surface area contributed by atoms with Crippen LogP contribution in [0.25, 0.3) is 0 Å². The molecule has 3 N–H and O–H groups in total. The number of carbonyl (C=O) groups excluding carboxylic acids is 1. The molecule has 13 heavy (non-hydrogen) atoms. The number of nitrogens with one attached hydrogen (secondary N) is 1. The van der Waals surface area contributed by atoms with Crippen LogP contribution in [-0.4, -0.2) is 17.5 Å². The van der Waals surface area contributed by atoms with Crippen LogP contribution in [0.2, 0.25) is 0 Å². The molecule has 0 unspecified atom stereocenters. The number of nitrogens with zero attached hydrogens (tertiary/aromatic N) is 1. The van der Waals surface area contributed by atoms with Gasteiger partial charge in [-0.25, -0.2) is 0 Å². The molecule has 4 nitrogen and oxygen atoms in total. The SMILES string of the molecule is N#C[C@@H](N)C[C@@H]1CC2(CC2)NC1=O. The third-order valence-electron chi connectivity index (χ3n) is 2.95. The Hall–Kier alpha value is -1.08. The van der Waals surface area contributed by atoms with Crippen molar-refractivity contribution >= 4 is 5.91 Å². The molecule has 0 aromatic carbocycles. The van der Waals surface area contributed by atoms with Crippen LogP contribution < -0.4 is 11.1 Å². The second kappa shape index (κ2) is 2.71. The predicted octanol–water partition coefficient (Wildman–Crippen LogP) is -0.104. The number of nitriles is 1. The number of amides is 1. The van der Waals surface area contributed by atoms with Crippen LogP contribution in [0.5, 0.6) is 0 Å². The molecule has 2 atom stereocenters. The van der Waals surface area contributed by atoms with Gasteiger partial charge in [0.2, 0.25) is 5.91 Å². The Morgan fingerprint density at radius 1 is 1.77 bits per heavy atom. The maximum atomic E-state index is 11.4. The van der Waals surface area contributed by atoms with Crippen molar-refractivity contribution < 1.29 is 4.79 Å². The predicted molar refractivity (Wildman–Crippen MR) is 46.4 cm³/mol. The molecule has 0 bridgehead atoms. The summed E-state index contributed by atoms with van der Waals surface area (Å²) in [5.74, 6) is 0.0559. The van der Waals surface area contributed by atoms with Crippen molar-refractivity contribution in [3.05, 3.63) is 0 Å². The Labute approximate surface area is 77.1 Å². The third-order valence-corrected chi connectivity index (χ3v) is 2.95. The van der Waals surface area contributed by atoms with E-state index in [9.17, 15) is 4.79 Å². The molecule has 0 radical (unpaired) electrons. The molecule has 0 aromatic rings. The fourth-order valence-corrected chi connectivity index (χ4v) is 2.01. The Morgan fingerprint density at radius 3 is 2.92 bits per heavy atom. The van der Waals surface area contributed by atoms with Crippen LogP contribution in [0, 0.1) is 17.2 Å². The van der Waals surface area contributed by atoms with Gasteiger partial charge in [0.1, 0.15) is 0 Å². The van der Waals surface area contributed by atoms with Gasteiger partial charge in [0, 0.05) is 11.5 Å². The van der Waals surface area contributed by atoms with E-state index in [1.165, 1.54) is 0 Å². The second-order valence-electron chi connectivity index (χ2n) is 4.14. The summed E-state index contributed by atoms with van der Waals surface area (Å²) in [6, 6.07) is 1.46. The normalized spacial score (nSPS) is 31.1. The van der Waals surface area contributed by atoms with Gasteiger partial charge in [-0.1, -0.05) is 0 Å². The summed E-state index contributed by atoms with van der Waals surface area (Å²) in [5, 5.41) is 11.5. The Bertz CT molecular complexity index is 277. The summed E-state index contributed by atoms with van der Waals surface area (Å²) < 4.78 is 0. The standard InChI is InChI=1S/C9H13N3O/c10-5-7(11)3-6-4-9(1-2-9)12-8(6)13/h6-7H,1-4,11H2,(H,12,13)/t6-,7+/m1/s1. The zero-order valence-electron chi connectivity index (χ0n) is 7.42. The molecule has 4 heteroatoms. The van der Waals surface area contributed by atoms with Crippen molar-refractivity contribution in [2.24, 2.45) is 11.7 Å². The molecule has 1 aliphatic heterocycles. The highest BCUT2D eigenvalue weighted by molar-refractivity contribution is 5.83. The molecule has 1 heterocycles. The summed E-state index contributed by atoms with van der Waals surface area (Å²) in [4.78, 5) is 11.4. The minimum absolute atomic E-state index is 0.0304. The fourth-order valence-electron chi connectivity index (χ4n) is 2.01. The number of hydrogen-bond donors (Lipinski definition) is 2. The molecular formula is C9H13N3O. The molecule has 70 valence electrons. The lowest BCUT2D eigenvalue weighted by atomic mass is 9.96. The van der Waals surface area contributed by atoms with Crippen LogP contribution in [0.3, 0.4) is 0 Å². The summed E-state index contributed by atoms with van der Waals surface area (Å²) in [6.45, 7) is 0. The molecular weight excluding hydrogens is 166 g/mol. The van der Waals surface area contributed by atoms with Gasteiger partial charge in [-0.05, 0) is 25.7 Å². The van der Waals surface area contributed by atoms with E-state index in [1.54, 1.807) is 0 Å². The molecule has 0 aromatic heterocycles. The fraction of sp³-hybridized carbons (Fsp3) is 0.778. The number of hydrogen-bond acceptors (Lipinski definition) is 3. The van der Waals surface area contributed by atoms with E-state index < -0.39 is 6.04 Å². The number of carbonyl (C=O) groups is 1. The van der Waals surface area contributed by atoms with E-state index in [2.05, 4.69) is 5.32 Å². The number of rotatable bonds is 2. The Kier molecular flexibility index (Phi) is 1.77. The highest BCUT2D eigenvalue weighted by Crippen LogP contribution is 2.46. The Morgan fingerprint density at radius 2 is 2.46 bits per heavy atom. The first-order chi connectivity index (χ1) is 6.15. The smallest absolute Gasteiger partial charge is 0.223 e. The minimum Gasteiger partial charge on any atom is -0.350 e. The maximum absolute atomic E-state index is 11.4. The van der Waals surface area contributed by atoms with Crippen LogP contribution >= 0.6 is 0 Å². The van der Waals surface area contributed by atoms with Gasteiger partial charge in [-0.3, -0.25) is 4.79 Å². The minimum atomic E-state index is -0.496. The van der Waals surface area contributed by atoms with Gasteiger partial charge < -0.3 is 11.1 Å². The van der Waals surface area contributed by atoms with Crippen molar-refractivity contribution in [1.82, 2.24) is 5.32 Å². The van der Waals surface area contributed by atoms with Gasteiger partial charge in [0.25, 0.3) is 0 Å². The lowest BCUT2D eigenvalue weighted by Gasteiger charge is -2.07. The van der Waals surface area contributed by atoms with E-state index in [1.807, 2.05) is 6.07 Å². The van der Waals surface area contributed by atoms with Crippen LogP contribution in [-0.2, 0) is 4.79 Å². The first-order valence-corrected chi connectivity index (χ1v) is 4.62. The summed E-state index contributed by atoms with van der Waals surface area (Å²) >= 11 is 0. The van der Waals surface area contributed by atoms with Gasteiger partial charge in [0.15, 0.2) is 0 Å². The topological polar surface area (TPSA) is 78.9 Å². The highest BCUT2D eigenvalue weighted by atomic mass is 16.2. The van der Waals surface area contributed by atoms with E-state index in [-0.39, 0.29) is 17.4 Å². The monoisotopic (exact) mass is 179 g/mol. The zero-order valence-corrected chi connectivity index (χ0v) is 7.42. The highest BCUT2D eigenvalue weighted by Gasteiger charge is 2.52. The van der Waals surface area contributed by atoms with Crippen molar-refractivity contribution in [3.63, 3.8) is 0 Å². The van der Waals surface area contributed by atoms with Crippen molar-refractivity contribution in [2.75, 3.05) is 0 Å². The van der Waals surface area contributed by atoms with E-state index >= 15 is 0 Å². The first-order valence-electron chi connectivity index (χ1n) is 4.62. The van der Waals surface area contributed by atoms with Gasteiger partial charge in [-0.2, -0.15) is 5.26 Å². The van der Waals surface area contributed by atoms with E-state index in [0.717, 1.165) is 19.3 Å². The van der Waals surface area contributed by atoms with Crippen LogP contribution in [0.15, 0.2) is 0 Å². The quantitative estimate of drug-likeness (QED) is 0.621. The average molecular weight is 179 g/mol. The van der Waals surface area contributed by atoms with Crippen LogP contribution in [0.1, 0.15) is 25.7 Å². The molecule has 1 spiro atoms. The van der Waals surface area contributed by atoms with Crippen molar-refractivity contribution in [2.45, 2.75) is 37.3 Å². The first kappa shape index (κ1) is 8.52. The molecule has 2 rings (SSSR count). The molecule has 2 fully saturated rings. The Balaban J connectivity index is 1.94. The zero-order chi connectivity index (χ0) is 9.47. The van der Waals surface area contributed by atoms with E-state index in [4.69, 9.17) is 11.0 Å². The lowest BCUT2D eigenvalue weighted by molar-refractivity contribution is -0.122. The summed E-state index contributed by atoms with van der Waals surface area (Å²) in [7, 11) is 0. The lowest BCUT2D eigenvalue weighted by Crippen LogP contribution is -2.29. The number of nitrogens with two attached hydrogens (primary N) is 1. The molecule has 1 amide bonds. The van der Waals surface area contributed by atoms with E-state index in [0.29, 0.717) is 6.42 Å². The molecule has 1 aliphatic carbocycles. The average Bonchev–Trinajstić information content (AvgIpc) is 2.75. The van der Waals surface area contributed by atoms with Crippen LogP contribution in [0.4, 0.5) is 0 Å². The maximum Gasteiger partial charge on any atom is 0.223 e.